The van der Waals surface area contributed by atoms with Crippen molar-refractivity contribution in [1.29, 1.82) is 0 Å². The Hall–Kier alpha value is 0.220. The molecule has 3 aliphatic heterocycles. The molecule has 0 aromatic carbocycles. The van der Waals surface area contributed by atoms with Gasteiger partial charge < -0.3 is 47.4 Å². The fraction of sp³-hybridized carbons (Fsp3) is 0.806. The van der Waals surface area contributed by atoms with Crippen molar-refractivity contribution in [2.75, 3.05) is 119 Å². The molecular weight excluding hydrogens is 661 g/mol. The minimum absolute atomic E-state index is 0.255. The third kappa shape index (κ3) is 19.7. The van der Waals surface area contributed by atoms with Gasteiger partial charge in [-0.25, -0.2) is 0 Å². The predicted octanol–water partition coefficient (Wildman–Crippen LogP) is 5.35. The smallest absolute Gasteiger partial charge is 0.0785 e. The first-order valence-corrected chi connectivity index (χ1v) is 18.9. The van der Waals surface area contributed by atoms with Crippen LogP contribution in [-0.2, 0) is 47.4 Å². The van der Waals surface area contributed by atoms with E-state index in [-0.39, 0.29) is 12.2 Å². The number of hydrogen-bond acceptors (Lipinski definition) is 14. The molecule has 1 saturated carbocycles. The van der Waals surface area contributed by atoms with E-state index in [0.29, 0.717) is 125 Å². The Morgan fingerprint density at radius 2 is 1.16 bits per heavy atom. The molecule has 1 aliphatic carbocycles. The molecule has 3 heterocycles. The van der Waals surface area contributed by atoms with Crippen LogP contribution in [0.4, 0.5) is 0 Å². The molecule has 3 atom stereocenters. The van der Waals surface area contributed by atoms with Crippen LogP contribution in [0.15, 0.2) is 30.3 Å². The largest absolute Gasteiger partial charge is 0.377 e. The second-order valence-electron chi connectivity index (χ2n) is 10.4. The normalized spacial score (nSPS) is 31.2. The van der Waals surface area contributed by atoms with Gasteiger partial charge in [0.05, 0.1) is 140 Å². The molecule has 4 rings (SSSR count). The lowest BCUT2D eigenvalue weighted by Gasteiger charge is -2.34. The molecule has 0 saturated heterocycles. The lowest BCUT2D eigenvalue weighted by Crippen LogP contribution is -2.34. The van der Waals surface area contributed by atoms with Crippen LogP contribution in [0.5, 0.6) is 0 Å². The summed E-state index contributed by atoms with van der Waals surface area (Å²) in [6.07, 6.45) is 5.51. The highest BCUT2D eigenvalue weighted by Gasteiger charge is 2.28. The number of fused-ring (bicyclic) bond motifs is 31. The number of hydrogen-bond donors (Lipinski definition) is 1. The van der Waals surface area contributed by atoms with Gasteiger partial charge in [-0.1, -0.05) is 48.3 Å². The van der Waals surface area contributed by atoms with Gasteiger partial charge in [-0.3, -0.25) is 0 Å². The van der Waals surface area contributed by atoms with E-state index in [1.54, 1.807) is 35.3 Å². The van der Waals surface area contributed by atoms with Gasteiger partial charge in [-0.15, -0.1) is 12.6 Å². The van der Waals surface area contributed by atoms with Gasteiger partial charge in [-0.2, -0.15) is 0 Å². The summed E-state index contributed by atoms with van der Waals surface area (Å²) in [5.74, 6) is 0.455. The molecule has 0 amide bonds. The molecule has 45 heavy (non-hydrogen) atoms. The summed E-state index contributed by atoms with van der Waals surface area (Å²) in [6, 6.07) is 0. The van der Waals surface area contributed by atoms with Gasteiger partial charge in [-0.05, 0) is 36.0 Å². The van der Waals surface area contributed by atoms with E-state index in [2.05, 4.69) is 25.0 Å². The summed E-state index contributed by atoms with van der Waals surface area (Å²) in [6.45, 7) is 12.1. The molecule has 0 aromatic rings. The molecule has 0 N–H and O–H groups in total. The van der Waals surface area contributed by atoms with E-state index in [0.717, 1.165) is 27.7 Å². The van der Waals surface area contributed by atoms with E-state index >= 15 is 0 Å². The topological polar surface area (TPSA) is 92.3 Å². The maximum Gasteiger partial charge on any atom is 0.0785 e. The Kier molecular flexibility index (Phi) is 23.9. The molecule has 4 aliphatic rings. The third-order valence-electron chi connectivity index (χ3n) is 6.85. The van der Waals surface area contributed by atoms with Crippen molar-refractivity contribution in [3.63, 3.8) is 0 Å². The maximum atomic E-state index is 6.09. The molecular formula is C31H52O10S4. The Bertz CT molecular complexity index is 847. The molecule has 260 valence electrons. The predicted molar refractivity (Wildman–Crippen MR) is 185 cm³/mol. The van der Waals surface area contributed by atoms with E-state index in [4.69, 9.17) is 47.4 Å². The Morgan fingerprint density at radius 3 is 1.76 bits per heavy atom. The first kappa shape index (κ1) is 39.7. The molecule has 0 radical (unpaired) electrons. The molecule has 0 spiro atoms. The second-order valence-corrected chi connectivity index (χ2v) is 14.3. The summed E-state index contributed by atoms with van der Waals surface area (Å²) in [5, 5.41) is 4.12. The van der Waals surface area contributed by atoms with Crippen LogP contribution in [0.1, 0.15) is 26.2 Å². The van der Waals surface area contributed by atoms with Gasteiger partial charge in [0.15, 0.2) is 0 Å². The van der Waals surface area contributed by atoms with Crippen LogP contribution in [-0.4, -0.2) is 131 Å². The van der Waals surface area contributed by atoms with Gasteiger partial charge in [0.1, 0.15) is 0 Å². The molecule has 4 bridgehead atoms. The van der Waals surface area contributed by atoms with Crippen LogP contribution in [0.25, 0.3) is 0 Å². The van der Waals surface area contributed by atoms with Crippen LogP contribution in [0, 0.1) is 5.92 Å². The van der Waals surface area contributed by atoms with Gasteiger partial charge in [0.25, 0.3) is 0 Å². The highest BCUT2D eigenvalue weighted by molar-refractivity contribution is 8.30. The van der Waals surface area contributed by atoms with E-state index in [1.165, 1.54) is 4.91 Å². The van der Waals surface area contributed by atoms with Crippen LogP contribution < -0.4 is 0 Å². The van der Waals surface area contributed by atoms with Crippen molar-refractivity contribution in [2.24, 2.45) is 5.92 Å². The van der Waals surface area contributed by atoms with Crippen molar-refractivity contribution in [2.45, 2.75) is 38.4 Å². The maximum absolute atomic E-state index is 6.09. The quantitative estimate of drug-likeness (QED) is 0.259. The highest BCUT2D eigenvalue weighted by atomic mass is 32.2. The summed E-state index contributed by atoms with van der Waals surface area (Å²) in [4.78, 5) is 1.17. The average Bonchev–Trinajstić information content (AvgIpc) is 3.52. The molecule has 10 nitrogen and oxygen atoms in total. The Labute approximate surface area is 287 Å². The summed E-state index contributed by atoms with van der Waals surface area (Å²) in [5.41, 5.74) is 0. The van der Waals surface area contributed by atoms with Gasteiger partial charge in [0.2, 0.25) is 0 Å². The third-order valence-corrected chi connectivity index (χ3v) is 11.1. The van der Waals surface area contributed by atoms with Crippen molar-refractivity contribution < 1.29 is 47.4 Å². The minimum Gasteiger partial charge on any atom is -0.377 e. The van der Waals surface area contributed by atoms with Gasteiger partial charge >= 0.3 is 0 Å². The average molecular weight is 713 g/mol. The van der Waals surface area contributed by atoms with E-state index in [9.17, 15) is 0 Å². The first-order valence-electron chi connectivity index (χ1n) is 15.9. The fourth-order valence-corrected chi connectivity index (χ4v) is 7.84. The van der Waals surface area contributed by atoms with Crippen molar-refractivity contribution in [3.05, 3.63) is 30.3 Å². The van der Waals surface area contributed by atoms with Crippen LogP contribution >= 0.6 is 47.9 Å². The number of thiol groups is 1. The number of thioether (sulfide) groups is 3. The lowest BCUT2D eigenvalue weighted by molar-refractivity contribution is -0.0820. The van der Waals surface area contributed by atoms with E-state index < -0.39 is 0 Å². The second kappa shape index (κ2) is 27.1. The summed E-state index contributed by atoms with van der Waals surface area (Å²) < 4.78 is 59.3. The molecule has 2 unspecified atom stereocenters. The zero-order valence-electron chi connectivity index (χ0n) is 26.6. The summed E-state index contributed by atoms with van der Waals surface area (Å²) >= 11 is 9.60. The van der Waals surface area contributed by atoms with E-state index in [1.807, 2.05) is 11.5 Å². The van der Waals surface area contributed by atoms with Crippen molar-refractivity contribution >= 4 is 47.9 Å². The molecule has 1 fully saturated rings. The number of ether oxygens (including phenoxy) is 10. The number of rotatable bonds is 0. The minimum atomic E-state index is 0.255. The van der Waals surface area contributed by atoms with Crippen LogP contribution in [0.2, 0.25) is 0 Å². The Balaban J connectivity index is 1.28. The molecule has 0 aromatic heterocycles. The summed E-state index contributed by atoms with van der Waals surface area (Å²) in [7, 11) is 0. The zero-order chi connectivity index (χ0) is 31.6. The van der Waals surface area contributed by atoms with Gasteiger partial charge in [0, 0.05) is 4.91 Å². The monoisotopic (exact) mass is 712 g/mol. The van der Waals surface area contributed by atoms with Crippen LogP contribution in [0.3, 0.4) is 0 Å². The standard InChI is InChI=1S/C31H52O10S4/c1-26-23-27-3-4-29(26)41-21-19-38-15-13-35-10-11-36-16-17-39-24-28-25-44-31(45-28)30(42)43-22-2-5-32-6-7-33-8-9-34-12-14-37-18-20-40-27/h2,22,25-27,29,42H,3-21,23-24H2,1H3/b22-2+,31-30+/t26-,27?,29?/m1/s1. The zero-order valence-corrected chi connectivity index (χ0v) is 29.9. The fourth-order valence-electron chi connectivity index (χ4n) is 4.54. The Morgan fingerprint density at radius 1 is 0.622 bits per heavy atom. The highest BCUT2D eigenvalue weighted by Crippen LogP contribution is 2.48. The lowest BCUT2D eigenvalue weighted by atomic mass is 9.86. The van der Waals surface area contributed by atoms with Crippen molar-refractivity contribution in [1.82, 2.24) is 0 Å². The SMILES string of the molecule is C[C@@H]1CC2CCC1OCCOCCOCCOCCOCC1=CS/C(=C(/S)S/C=C/COCCOCCOCCOCCO2)S1. The molecule has 14 heteroatoms. The van der Waals surface area contributed by atoms with Crippen molar-refractivity contribution in [3.8, 4) is 0 Å². The first-order chi connectivity index (χ1) is 22.2.